The van der Waals surface area contributed by atoms with E-state index < -0.39 is 0 Å². The van der Waals surface area contributed by atoms with Crippen LogP contribution in [0, 0.1) is 0 Å². The second-order valence-corrected chi connectivity index (χ2v) is 8.23. The zero-order valence-electron chi connectivity index (χ0n) is 18.9. The molecule has 33 heavy (non-hydrogen) atoms. The molecular formula is C24H29N7O2. The van der Waals surface area contributed by atoms with Crippen LogP contribution in [0.3, 0.4) is 0 Å². The fourth-order valence-electron chi connectivity index (χ4n) is 4.49. The third-order valence-corrected chi connectivity index (χ3v) is 6.12. The highest BCUT2D eigenvalue weighted by atomic mass is 16.5. The molecule has 1 aromatic heterocycles. The van der Waals surface area contributed by atoms with Crippen LogP contribution in [0.1, 0.15) is 19.8 Å². The maximum absolute atomic E-state index is 6.77. The lowest BCUT2D eigenvalue weighted by atomic mass is 10.0. The predicted octanol–water partition coefficient (Wildman–Crippen LogP) is 2.64. The zero-order valence-corrected chi connectivity index (χ0v) is 18.9. The Bertz CT molecular complexity index is 1170. The van der Waals surface area contributed by atoms with Crippen LogP contribution in [0.15, 0.2) is 71.2 Å². The molecule has 1 fully saturated rings. The Labute approximate surface area is 193 Å². The summed E-state index contributed by atoms with van der Waals surface area (Å²) in [6.07, 6.45) is 11.5. The van der Waals surface area contributed by atoms with Gasteiger partial charge in [-0.15, -0.1) is 0 Å². The zero-order chi connectivity index (χ0) is 22.9. The summed E-state index contributed by atoms with van der Waals surface area (Å²) >= 11 is 0. The molecule has 0 atom stereocenters. The topological polar surface area (TPSA) is 107 Å². The maximum atomic E-state index is 6.77. The summed E-state index contributed by atoms with van der Waals surface area (Å²) < 4.78 is 13.4. The van der Waals surface area contributed by atoms with E-state index in [9.17, 15) is 0 Å². The lowest BCUT2D eigenvalue weighted by molar-refractivity contribution is 0.0567. The highest BCUT2D eigenvalue weighted by molar-refractivity contribution is 6.02. The SMILES string of the molecule is CCOc1cc(-c2cnn(C)c2)ccc1N1C(N)=NC=C2C=CN(C3CCOCC3)C(N)=C21. The molecule has 4 heterocycles. The lowest BCUT2D eigenvalue weighted by Gasteiger charge is -2.40. The van der Waals surface area contributed by atoms with Crippen LogP contribution in [-0.4, -0.2) is 46.5 Å². The van der Waals surface area contributed by atoms with Crippen molar-refractivity contribution in [3.8, 4) is 16.9 Å². The predicted molar refractivity (Wildman–Crippen MR) is 128 cm³/mol. The van der Waals surface area contributed by atoms with Gasteiger partial charge in [0.1, 0.15) is 11.6 Å². The van der Waals surface area contributed by atoms with Gasteiger partial charge in [0, 0.05) is 56.0 Å². The molecule has 0 bridgehead atoms. The molecule has 0 spiro atoms. The Kier molecular flexibility index (Phi) is 5.55. The second kappa shape index (κ2) is 8.67. The summed E-state index contributed by atoms with van der Waals surface area (Å²) in [5.41, 5.74) is 17.7. The summed E-state index contributed by atoms with van der Waals surface area (Å²) in [6.45, 7) is 3.94. The van der Waals surface area contributed by atoms with Gasteiger partial charge in [-0.1, -0.05) is 6.07 Å². The van der Waals surface area contributed by atoms with Crippen LogP contribution in [0.2, 0.25) is 0 Å². The number of hydrogen-bond acceptors (Lipinski definition) is 8. The normalized spacial score (nSPS) is 18.8. The number of aryl methyl sites for hydroxylation is 1. The number of aliphatic imine (C=N–C) groups is 1. The fourth-order valence-corrected chi connectivity index (χ4v) is 4.49. The summed E-state index contributed by atoms with van der Waals surface area (Å²) in [7, 11) is 1.90. The molecule has 3 aliphatic heterocycles. The van der Waals surface area contributed by atoms with Gasteiger partial charge < -0.3 is 25.8 Å². The number of benzene rings is 1. The number of rotatable bonds is 5. The Balaban J connectivity index is 1.58. The van der Waals surface area contributed by atoms with Crippen molar-refractivity contribution in [3.05, 3.63) is 66.2 Å². The van der Waals surface area contributed by atoms with Gasteiger partial charge in [-0.2, -0.15) is 5.10 Å². The van der Waals surface area contributed by atoms with Gasteiger partial charge in [0.2, 0.25) is 5.96 Å². The van der Waals surface area contributed by atoms with Crippen LogP contribution in [0.25, 0.3) is 11.1 Å². The Hall–Kier alpha value is -3.72. The Morgan fingerprint density at radius 1 is 1.18 bits per heavy atom. The molecule has 0 unspecified atom stereocenters. The molecule has 5 rings (SSSR count). The van der Waals surface area contributed by atoms with Gasteiger partial charge in [-0.25, -0.2) is 4.99 Å². The van der Waals surface area contributed by atoms with E-state index in [1.807, 2.05) is 61.7 Å². The summed E-state index contributed by atoms with van der Waals surface area (Å²) in [6, 6.07) is 6.32. The van der Waals surface area contributed by atoms with Crippen molar-refractivity contribution < 1.29 is 9.47 Å². The number of allylic oxidation sites excluding steroid dienone is 1. The van der Waals surface area contributed by atoms with Crippen molar-refractivity contribution in [1.82, 2.24) is 14.7 Å². The number of ether oxygens (including phenoxy) is 2. The van der Waals surface area contributed by atoms with Gasteiger partial charge in [-0.3, -0.25) is 9.58 Å². The van der Waals surface area contributed by atoms with Gasteiger partial charge in [0.05, 0.1) is 24.2 Å². The van der Waals surface area contributed by atoms with E-state index in [2.05, 4.69) is 15.0 Å². The monoisotopic (exact) mass is 447 g/mol. The largest absolute Gasteiger partial charge is 0.492 e. The quantitative estimate of drug-likeness (QED) is 0.726. The van der Waals surface area contributed by atoms with E-state index in [4.69, 9.17) is 20.9 Å². The average Bonchev–Trinajstić information content (AvgIpc) is 3.27. The van der Waals surface area contributed by atoms with Gasteiger partial charge in [0.25, 0.3) is 0 Å². The molecule has 172 valence electrons. The first-order chi connectivity index (χ1) is 16.1. The molecular weight excluding hydrogens is 418 g/mol. The Morgan fingerprint density at radius 2 is 2.00 bits per heavy atom. The van der Waals surface area contributed by atoms with Crippen molar-refractivity contribution >= 4 is 11.6 Å². The second-order valence-electron chi connectivity index (χ2n) is 8.23. The van der Waals surface area contributed by atoms with Crippen molar-refractivity contribution in [2.45, 2.75) is 25.8 Å². The minimum atomic E-state index is 0.283. The minimum Gasteiger partial charge on any atom is -0.492 e. The summed E-state index contributed by atoms with van der Waals surface area (Å²) in [4.78, 5) is 8.46. The van der Waals surface area contributed by atoms with Crippen LogP contribution in [0.5, 0.6) is 5.75 Å². The number of fused-ring (bicyclic) bond motifs is 1. The fraction of sp³-hybridized carbons (Fsp3) is 0.333. The maximum Gasteiger partial charge on any atom is 0.205 e. The van der Waals surface area contributed by atoms with E-state index in [1.54, 1.807) is 10.9 Å². The summed E-state index contributed by atoms with van der Waals surface area (Å²) in [5.74, 6) is 1.69. The van der Waals surface area contributed by atoms with Crippen LogP contribution in [0.4, 0.5) is 5.69 Å². The van der Waals surface area contributed by atoms with Crippen molar-refractivity contribution in [1.29, 1.82) is 0 Å². The lowest BCUT2D eigenvalue weighted by Crippen LogP contribution is -2.46. The molecule has 2 aromatic rings. The Morgan fingerprint density at radius 3 is 2.73 bits per heavy atom. The van der Waals surface area contributed by atoms with E-state index in [0.717, 1.165) is 54.1 Å². The van der Waals surface area contributed by atoms with Crippen LogP contribution in [-0.2, 0) is 11.8 Å². The summed E-state index contributed by atoms with van der Waals surface area (Å²) in [5, 5.41) is 4.28. The molecule has 0 aliphatic carbocycles. The number of hydrogen-bond donors (Lipinski definition) is 2. The molecule has 0 amide bonds. The smallest absolute Gasteiger partial charge is 0.205 e. The van der Waals surface area contributed by atoms with E-state index in [1.165, 1.54) is 0 Å². The molecule has 1 saturated heterocycles. The first-order valence-corrected chi connectivity index (χ1v) is 11.2. The average molecular weight is 448 g/mol. The minimum absolute atomic E-state index is 0.283. The third-order valence-electron chi connectivity index (χ3n) is 6.12. The van der Waals surface area contributed by atoms with Gasteiger partial charge >= 0.3 is 0 Å². The highest BCUT2D eigenvalue weighted by Crippen LogP contribution is 2.40. The van der Waals surface area contributed by atoms with E-state index >= 15 is 0 Å². The molecule has 9 heteroatoms. The van der Waals surface area contributed by atoms with Crippen molar-refractivity contribution in [3.63, 3.8) is 0 Å². The van der Waals surface area contributed by atoms with Crippen molar-refractivity contribution in [2.24, 2.45) is 23.5 Å². The molecule has 0 saturated carbocycles. The van der Waals surface area contributed by atoms with Crippen molar-refractivity contribution in [2.75, 3.05) is 24.7 Å². The van der Waals surface area contributed by atoms with E-state index in [-0.39, 0.29) is 6.04 Å². The molecule has 3 aliphatic rings. The van der Waals surface area contributed by atoms with Gasteiger partial charge in [0.15, 0.2) is 0 Å². The van der Waals surface area contributed by atoms with E-state index in [0.29, 0.717) is 24.1 Å². The number of nitrogens with zero attached hydrogens (tertiary/aromatic N) is 5. The van der Waals surface area contributed by atoms with Crippen LogP contribution < -0.4 is 21.1 Å². The molecule has 0 radical (unpaired) electrons. The number of aromatic nitrogens is 2. The van der Waals surface area contributed by atoms with Crippen LogP contribution >= 0.6 is 0 Å². The standard InChI is InChI=1S/C24H29N7O2/c1-3-33-21-12-16(18-14-28-29(2)15-18)4-5-20(21)31-22-17(13-27-24(31)26)6-9-30(23(22)25)19-7-10-32-11-8-19/h4-6,9,12-15,19H,3,7-8,10-11,25H2,1-2H3,(H2,26,27). The number of nitrogens with two attached hydrogens (primary N) is 2. The first-order valence-electron chi connectivity index (χ1n) is 11.2. The van der Waals surface area contributed by atoms with Gasteiger partial charge in [-0.05, 0) is 43.5 Å². The first kappa shape index (κ1) is 21.1. The third kappa shape index (κ3) is 3.84. The molecule has 9 nitrogen and oxygen atoms in total. The molecule has 4 N–H and O–H groups in total. The number of guanidine groups is 1. The highest BCUT2D eigenvalue weighted by Gasteiger charge is 2.33. The molecule has 1 aromatic carbocycles. The number of anilines is 1.